The van der Waals surface area contributed by atoms with Crippen molar-refractivity contribution >= 4 is 17.8 Å². The predicted molar refractivity (Wildman–Crippen MR) is 83.5 cm³/mol. The lowest BCUT2D eigenvalue weighted by Crippen LogP contribution is -2.28. The fourth-order valence-corrected chi connectivity index (χ4v) is 2.50. The number of hydrogen-bond acceptors (Lipinski definition) is 6. The van der Waals surface area contributed by atoms with Crippen LogP contribution in [-0.4, -0.2) is 47.7 Å². The molecule has 1 atom stereocenters. The Morgan fingerprint density at radius 3 is 2.50 bits per heavy atom. The minimum Gasteiger partial charge on any atom is -0.354 e. The Kier molecular flexibility index (Phi) is 4.98. The predicted octanol–water partition coefficient (Wildman–Crippen LogP) is 2.00. The third kappa shape index (κ3) is 3.29. The molecule has 1 aliphatic heterocycles. The smallest absolute Gasteiger partial charge is 0.231 e. The fourth-order valence-electron chi connectivity index (χ4n) is 2.50. The second-order valence-electron chi connectivity index (χ2n) is 5.30. The van der Waals surface area contributed by atoms with Crippen LogP contribution in [0.15, 0.2) is 0 Å². The molecule has 1 saturated heterocycles. The molecule has 6 heteroatoms. The SMILES string of the molecule is CCNc1nc(N(CC)CC)nc(N2CCC(C)C2)n1. The van der Waals surface area contributed by atoms with E-state index in [1.807, 2.05) is 0 Å². The maximum absolute atomic E-state index is 4.66. The number of rotatable bonds is 6. The van der Waals surface area contributed by atoms with Crippen LogP contribution < -0.4 is 15.1 Å². The molecule has 0 bridgehead atoms. The van der Waals surface area contributed by atoms with Crippen molar-refractivity contribution in [2.45, 2.75) is 34.1 Å². The van der Waals surface area contributed by atoms with Gasteiger partial charge in [0.2, 0.25) is 17.8 Å². The largest absolute Gasteiger partial charge is 0.354 e. The van der Waals surface area contributed by atoms with E-state index in [9.17, 15) is 0 Å². The number of aromatic nitrogens is 3. The van der Waals surface area contributed by atoms with Gasteiger partial charge in [-0.3, -0.25) is 0 Å². The van der Waals surface area contributed by atoms with Crippen LogP contribution in [0.3, 0.4) is 0 Å². The lowest BCUT2D eigenvalue weighted by Gasteiger charge is -2.22. The van der Waals surface area contributed by atoms with Gasteiger partial charge in [0.25, 0.3) is 0 Å². The monoisotopic (exact) mass is 278 g/mol. The molecule has 112 valence electrons. The van der Waals surface area contributed by atoms with Crippen molar-refractivity contribution in [1.82, 2.24) is 15.0 Å². The molecule has 2 rings (SSSR count). The molecule has 0 spiro atoms. The summed E-state index contributed by atoms with van der Waals surface area (Å²) in [5.74, 6) is 2.97. The van der Waals surface area contributed by atoms with Crippen LogP contribution in [0.25, 0.3) is 0 Å². The van der Waals surface area contributed by atoms with Gasteiger partial charge >= 0.3 is 0 Å². The molecule has 0 amide bonds. The van der Waals surface area contributed by atoms with Gasteiger partial charge in [-0.1, -0.05) is 6.92 Å². The average molecular weight is 278 g/mol. The summed E-state index contributed by atoms with van der Waals surface area (Å²) >= 11 is 0. The van der Waals surface area contributed by atoms with E-state index in [2.05, 4.69) is 57.8 Å². The van der Waals surface area contributed by atoms with Crippen LogP contribution in [0, 0.1) is 5.92 Å². The Morgan fingerprint density at radius 2 is 1.95 bits per heavy atom. The van der Waals surface area contributed by atoms with Gasteiger partial charge in [0.05, 0.1) is 0 Å². The topological polar surface area (TPSA) is 57.2 Å². The molecule has 0 aromatic carbocycles. The zero-order valence-electron chi connectivity index (χ0n) is 13.1. The second-order valence-corrected chi connectivity index (χ2v) is 5.30. The first-order chi connectivity index (χ1) is 9.67. The second kappa shape index (κ2) is 6.72. The summed E-state index contributed by atoms with van der Waals surface area (Å²) in [6.07, 6.45) is 1.21. The van der Waals surface area contributed by atoms with E-state index in [0.29, 0.717) is 11.9 Å². The van der Waals surface area contributed by atoms with E-state index in [-0.39, 0.29) is 0 Å². The van der Waals surface area contributed by atoms with Crippen molar-refractivity contribution in [3.8, 4) is 0 Å². The minimum absolute atomic E-state index is 0.680. The molecule has 0 saturated carbocycles. The minimum atomic E-state index is 0.680. The molecule has 2 heterocycles. The Bertz CT molecular complexity index is 432. The maximum Gasteiger partial charge on any atom is 0.231 e. The van der Waals surface area contributed by atoms with Crippen molar-refractivity contribution in [2.24, 2.45) is 5.92 Å². The Labute approximate surface area is 121 Å². The fraction of sp³-hybridized carbons (Fsp3) is 0.786. The zero-order valence-corrected chi connectivity index (χ0v) is 13.1. The van der Waals surface area contributed by atoms with E-state index in [1.54, 1.807) is 0 Å². The van der Waals surface area contributed by atoms with Crippen LogP contribution in [0.5, 0.6) is 0 Å². The Hall–Kier alpha value is -1.59. The van der Waals surface area contributed by atoms with Crippen molar-refractivity contribution in [3.05, 3.63) is 0 Å². The van der Waals surface area contributed by atoms with Gasteiger partial charge < -0.3 is 15.1 Å². The van der Waals surface area contributed by atoms with Gasteiger partial charge in [0.15, 0.2) is 0 Å². The molecular weight excluding hydrogens is 252 g/mol. The summed E-state index contributed by atoms with van der Waals surface area (Å²) in [6, 6.07) is 0. The highest BCUT2D eigenvalue weighted by Gasteiger charge is 2.23. The number of nitrogens with zero attached hydrogens (tertiary/aromatic N) is 5. The Morgan fingerprint density at radius 1 is 1.20 bits per heavy atom. The molecule has 1 fully saturated rings. The van der Waals surface area contributed by atoms with Crippen molar-refractivity contribution < 1.29 is 0 Å². The summed E-state index contributed by atoms with van der Waals surface area (Å²) in [5.41, 5.74) is 0. The first-order valence-electron chi connectivity index (χ1n) is 7.67. The van der Waals surface area contributed by atoms with Gasteiger partial charge in [0, 0.05) is 32.7 Å². The van der Waals surface area contributed by atoms with Crippen LogP contribution in [0.4, 0.5) is 17.8 Å². The van der Waals surface area contributed by atoms with E-state index in [0.717, 1.165) is 44.6 Å². The zero-order chi connectivity index (χ0) is 14.5. The van der Waals surface area contributed by atoms with Gasteiger partial charge in [-0.2, -0.15) is 15.0 Å². The molecule has 1 aromatic rings. The van der Waals surface area contributed by atoms with Crippen LogP contribution in [0.2, 0.25) is 0 Å². The third-order valence-electron chi connectivity index (χ3n) is 3.70. The van der Waals surface area contributed by atoms with Crippen LogP contribution in [-0.2, 0) is 0 Å². The maximum atomic E-state index is 4.66. The average Bonchev–Trinajstić information content (AvgIpc) is 2.87. The first-order valence-corrected chi connectivity index (χ1v) is 7.67. The van der Waals surface area contributed by atoms with Gasteiger partial charge in [-0.25, -0.2) is 0 Å². The molecule has 0 radical (unpaired) electrons. The van der Waals surface area contributed by atoms with Crippen molar-refractivity contribution in [2.75, 3.05) is 47.8 Å². The lowest BCUT2D eigenvalue weighted by atomic mass is 10.2. The summed E-state index contributed by atoms with van der Waals surface area (Å²) in [4.78, 5) is 18.2. The van der Waals surface area contributed by atoms with E-state index in [1.165, 1.54) is 6.42 Å². The highest BCUT2D eigenvalue weighted by Crippen LogP contribution is 2.23. The number of hydrogen-bond donors (Lipinski definition) is 1. The number of nitrogens with one attached hydrogen (secondary N) is 1. The molecule has 20 heavy (non-hydrogen) atoms. The van der Waals surface area contributed by atoms with Gasteiger partial charge in [-0.05, 0) is 33.1 Å². The van der Waals surface area contributed by atoms with Gasteiger partial charge in [0.1, 0.15) is 0 Å². The molecular formula is C14H26N6. The van der Waals surface area contributed by atoms with Crippen molar-refractivity contribution in [3.63, 3.8) is 0 Å². The Balaban J connectivity index is 2.30. The standard InChI is InChI=1S/C14H26N6/c1-5-15-12-16-13(19(6-2)7-3)18-14(17-12)20-9-8-11(4)10-20/h11H,5-10H2,1-4H3,(H,15,16,17,18). The van der Waals surface area contributed by atoms with E-state index < -0.39 is 0 Å². The number of anilines is 3. The van der Waals surface area contributed by atoms with Crippen LogP contribution in [0.1, 0.15) is 34.1 Å². The lowest BCUT2D eigenvalue weighted by molar-refractivity contribution is 0.657. The summed E-state index contributed by atoms with van der Waals surface area (Å²) < 4.78 is 0. The normalized spacial score (nSPS) is 18.4. The third-order valence-corrected chi connectivity index (χ3v) is 3.70. The first kappa shape index (κ1) is 14.8. The van der Waals surface area contributed by atoms with Crippen LogP contribution >= 0.6 is 0 Å². The summed E-state index contributed by atoms with van der Waals surface area (Å²) in [7, 11) is 0. The summed E-state index contributed by atoms with van der Waals surface area (Å²) in [6.45, 7) is 13.3. The highest BCUT2D eigenvalue weighted by molar-refractivity contribution is 5.45. The van der Waals surface area contributed by atoms with E-state index in [4.69, 9.17) is 0 Å². The summed E-state index contributed by atoms with van der Waals surface area (Å²) in [5, 5.41) is 3.21. The van der Waals surface area contributed by atoms with E-state index >= 15 is 0 Å². The quantitative estimate of drug-likeness (QED) is 0.859. The van der Waals surface area contributed by atoms with Gasteiger partial charge in [-0.15, -0.1) is 0 Å². The highest BCUT2D eigenvalue weighted by atomic mass is 15.4. The van der Waals surface area contributed by atoms with Crippen molar-refractivity contribution in [1.29, 1.82) is 0 Å². The molecule has 6 nitrogen and oxygen atoms in total. The molecule has 0 aliphatic carbocycles. The molecule has 1 N–H and O–H groups in total. The molecule has 1 aromatic heterocycles. The molecule has 1 aliphatic rings. The molecule has 1 unspecified atom stereocenters.